The molecule has 0 radical (unpaired) electrons. The summed E-state index contributed by atoms with van der Waals surface area (Å²) in [5, 5.41) is 17.5. The third-order valence-corrected chi connectivity index (χ3v) is 1.89. The van der Waals surface area contributed by atoms with Crippen LogP contribution in [0.2, 0.25) is 0 Å². The quantitative estimate of drug-likeness (QED) is 0.755. The first-order chi connectivity index (χ1) is 4.68. The number of hydrogen-bond donors (Lipinski definition) is 2. The van der Waals surface area contributed by atoms with Crippen LogP contribution in [0.25, 0.3) is 0 Å². The average molecular weight is 224 g/mol. The number of nitrogens with zero attached hydrogens (tertiary/aromatic N) is 2. The van der Waals surface area contributed by atoms with Crippen molar-refractivity contribution in [2.24, 2.45) is 0 Å². The zero-order valence-electron chi connectivity index (χ0n) is 4.54. The summed E-state index contributed by atoms with van der Waals surface area (Å²) in [5.41, 5.74) is 0. The predicted octanol–water partition coefficient (Wildman–Crippen LogP) is 1.39. The summed E-state index contributed by atoms with van der Waals surface area (Å²) in [4.78, 5) is 9.99. The van der Waals surface area contributed by atoms with Crippen LogP contribution in [0.5, 0.6) is 0 Å². The summed E-state index contributed by atoms with van der Waals surface area (Å²) in [6, 6.07) is 0. The lowest BCUT2D eigenvalue weighted by molar-refractivity contribution is 0.209. The Morgan fingerprint density at radius 3 is 2.80 bits per heavy atom. The first-order valence-electron chi connectivity index (χ1n) is 2.17. The Balaban J connectivity index is 2.67. The fourth-order valence-electron chi connectivity index (χ4n) is 0.347. The fraction of sp³-hybridized carbons (Fsp3) is 0. The van der Waals surface area contributed by atoms with Crippen molar-refractivity contribution >= 4 is 38.5 Å². The molecule has 54 valence electrons. The molecule has 0 bridgehead atoms. The number of halogens is 1. The Morgan fingerprint density at radius 2 is 2.40 bits per heavy atom. The van der Waals surface area contributed by atoms with E-state index < -0.39 is 6.09 Å². The molecule has 1 aromatic rings. The summed E-state index contributed by atoms with van der Waals surface area (Å²) in [7, 11) is 0. The molecule has 1 heterocycles. The summed E-state index contributed by atoms with van der Waals surface area (Å²) in [6.45, 7) is 0. The number of aromatic nitrogens is 2. The van der Waals surface area contributed by atoms with Gasteiger partial charge in [-0.1, -0.05) is 11.3 Å². The lowest BCUT2D eigenvalue weighted by Crippen LogP contribution is -2.06. The second-order valence-electron chi connectivity index (χ2n) is 1.29. The maximum atomic E-state index is 9.99. The Morgan fingerprint density at radius 1 is 1.70 bits per heavy atom. The number of hydrogen-bond acceptors (Lipinski definition) is 4. The lowest BCUT2D eigenvalue weighted by Gasteiger charge is -1.88. The molecule has 10 heavy (non-hydrogen) atoms. The molecule has 0 fully saturated rings. The third-order valence-electron chi connectivity index (χ3n) is 0.614. The number of amides is 1. The molecule has 0 aliphatic heterocycles. The fourth-order valence-corrected chi connectivity index (χ4v) is 1.35. The summed E-state index contributed by atoms with van der Waals surface area (Å²) >= 11 is 4.15. The van der Waals surface area contributed by atoms with Crippen LogP contribution in [0, 0.1) is 0 Å². The van der Waals surface area contributed by atoms with Crippen LogP contribution in [-0.2, 0) is 0 Å². The molecule has 0 atom stereocenters. The van der Waals surface area contributed by atoms with Crippen molar-refractivity contribution in [3.05, 3.63) is 3.92 Å². The van der Waals surface area contributed by atoms with Gasteiger partial charge in [0.25, 0.3) is 0 Å². The van der Waals surface area contributed by atoms with Crippen molar-refractivity contribution in [1.29, 1.82) is 0 Å². The van der Waals surface area contributed by atoms with E-state index in [0.29, 0.717) is 3.92 Å². The molecule has 0 saturated carbocycles. The van der Waals surface area contributed by atoms with Crippen LogP contribution >= 0.6 is 27.3 Å². The minimum Gasteiger partial charge on any atom is -0.465 e. The third kappa shape index (κ3) is 1.92. The maximum absolute atomic E-state index is 9.99. The van der Waals surface area contributed by atoms with Gasteiger partial charge >= 0.3 is 6.09 Å². The molecule has 2 N–H and O–H groups in total. The molecule has 0 aromatic carbocycles. The second-order valence-corrected chi connectivity index (χ2v) is 3.54. The van der Waals surface area contributed by atoms with Crippen molar-refractivity contribution < 1.29 is 9.90 Å². The topological polar surface area (TPSA) is 75.1 Å². The predicted molar refractivity (Wildman–Crippen MR) is 39.3 cm³/mol. The van der Waals surface area contributed by atoms with Crippen molar-refractivity contribution in [3.63, 3.8) is 0 Å². The largest absolute Gasteiger partial charge is 0.465 e. The Hall–Kier alpha value is -0.690. The molecule has 5 nitrogen and oxygen atoms in total. The van der Waals surface area contributed by atoms with Gasteiger partial charge in [-0.05, 0) is 15.9 Å². The van der Waals surface area contributed by atoms with E-state index in [1.807, 2.05) is 0 Å². The SMILES string of the molecule is O=C(O)Nc1nnc(Br)s1. The highest BCUT2D eigenvalue weighted by Gasteiger charge is 2.02. The normalized spacial score (nSPS) is 9.30. The molecule has 0 aliphatic carbocycles. The number of anilines is 1. The van der Waals surface area contributed by atoms with Gasteiger partial charge in [0.1, 0.15) is 0 Å². The minimum absolute atomic E-state index is 0.263. The second kappa shape index (κ2) is 2.93. The lowest BCUT2D eigenvalue weighted by atomic mass is 11.0. The molecule has 1 aromatic heterocycles. The molecule has 0 unspecified atom stereocenters. The van der Waals surface area contributed by atoms with E-state index in [4.69, 9.17) is 5.11 Å². The summed E-state index contributed by atoms with van der Waals surface area (Å²) in [6.07, 6.45) is -1.14. The van der Waals surface area contributed by atoms with Crippen molar-refractivity contribution in [2.45, 2.75) is 0 Å². The van der Waals surface area contributed by atoms with Gasteiger partial charge in [0, 0.05) is 0 Å². The smallest absolute Gasteiger partial charge is 0.411 e. The number of carboxylic acid groups (broad SMARTS) is 1. The van der Waals surface area contributed by atoms with E-state index in [1.165, 1.54) is 0 Å². The summed E-state index contributed by atoms with van der Waals surface area (Å²) in [5.74, 6) is 0. The van der Waals surface area contributed by atoms with E-state index in [0.717, 1.165) is 11.3 Å². The van der Waals surface area contributed by atoms with Gasteiger partial charge in [-0.2, -0.15) is 0 Å². The van der Waals surface area contributed by atoms with E-state index in [1.54, 1.807) is 0 Å². The molecule has 7 heteroatoms. The van der Waals surface area contributed by atoms with E-state index in [-0.39, 0.29) is 5.13 Å². The summed E-state index contributed by atoms with van der Waals surface area (Å²) < 4.78 is 0.552. The molecule has 0 spiro atoms. The van der Waals surface area contributed by atoms with Crippen molar-refractivity contribution in [1.82, 2.24) is 10.2 Å². The Labute approximate surface area is 68.2 Å². The van der Waals surface area contributed by atoms with Crippen LogP contribution < -0.4 is 5.32 Å². The van der Waals surface area contributed by atoms with Gasteiger partial charge < -0.3 is 5.11 Å². The van der Waals surface area contributed by atoms with E-state index in [9.17, 15) is 4.79 Å². The molecule has 1 amide bonds. The molecule has 1 rings (SSSR count). The zero-order valence-corrected chi connectivity index (χ0v) is 6.94. The van der Waals surface area contributed by atoms with Gasteiger partial charge in [0.05, 0.1) is 0 Å². The van der Waals surface area contributed by atoms with Gasteiger partial charge in [-0.3, -0.25) is 5.32 Å². The number of rotatable bonds is 1. The first kappa shape index (κ1) is 7.42. The zero-order chi connectivity index (χ0) is 7.56. The number of nitrogens with one attached hydrogen (secondary N) is 1. The highest BCUT2D eigenvalue weighted by atomic mass is 79.9. The van der Waals surface area contributed by atoms with Crippen LogP contribution in [-0.4, -0.2) is 21.4 Å². The maximum Gasteiger partial charge on any atom is 0.411 e. The molecular weight excluding hydrogens is 222 g/mol. The standard InChI is InChI=1S/C3H2BrN3O2S/c4-1-6-7-2(10-1)5-3(8)9/h(H,5,7)(H,8,9). The van der Waals surface area contributed by atoms with Gasteiger partial charge in [-0.15, -0.1) is 10.2 Å². The van der Waals surface area contributed by atoms with Gasteiger partial charge in [0.15, 0.2) is 3.92 Å². The molecule has 0 aliphatic rings. The van der Waals surface area contributed by atoms with Gasteiger partial charge in [0.2, 0.25) is 5.13 Å². The van der Waals surface area contributed by atoms with Crippen LogP contribution in [0.4, 0.5) is 9.93 Å². The highest BCUT2D eigenvalue weighted by Crippen LogP contribution is 2.19. The average Bonchev–Trinajstić information content (AvgIpc) is 2.13. The van der Waals surface area contributed by atoms with Gasteiger partial charge in [-0.25, -0.2) is 4.79 Å². The van der Waals surface area contributed by atoms with E-state index in [2.05, 4.69) is 31.4 Å². The monoisotopic (exact) mass is 223 g/mol. The molecule has 0 saturated heterocycles. The first-order valence-corrected chi connectivity index (χ1v) is 3.78. The minimum atomic E-state index is -1.14. The number of carbonyl (C=O) groups is 1. The van der Waals surface area contributed by atoms with Crippen molar-refractivity contribution in [2.75, 3.05) is 5.32 Å². The Kier molecular flexibility index (Phi) is 2.17. The van der Waals surface area contributed by atoms with Crippen LogP contribution in [0.1, 0.15) is 0 Å². The van der Waals surface area contributed by atoms with Crippen LogP contribution in [0.15, 0.2) is 3.92 Å². The molecular formula is C3H2BrN3O2S. The van der Waals surface area contributed by atoms with Crippen LogP contribution in [0.3, 0.4) is 0 Å². The van der Waals surface area contributed by atoms with E-state index >= 15 is 0 Å². The Bertz CT molecular complexity index is 250. The van der Waals surface area contributed by atoms with Crippen molar-refractivity contribution in [3.8, 4) is 0 Å². The highest BCUT2D eigenvalue weighted by molar-refractivity contribution is 9.11.